The summed E-state index contributed by atoms with van der Waals surface area (Å²) >= 11 is 1.61. The molecule has 0 aliphatic heterocycles. The molecule has 1 atom stereocenters. The molecule has 110 valence electrons. The Morgan fingerprint density at radius 2 is 2.10 bits per heavy atom. The molecule has 20 heavy (non-hydrogen) atoms. The molecule has 2 N–H and O–H groups in total. The fraction of sp³-hybridized carbons (Fsp3) is 0.462. The second-order valence-electron chi connectivity index (χ2n) is 4.68. The number of hydrogen-bond donors (Lipinski definition) is 1. The summed E-state index contributed by atoms with van der Waals surface area (Å²) in [5.74, 6) is -0.0562. The van der Waals surface area contributed by atoms with Crippen molar-refractivity contribution in [2.45, 2.75) is 25.6 Å². The Kier molecular flexibility index (Phi) is 4.17. The molecule has 1 aromatic carbocycles. The van der Waals surface area contributed by atoms with Crippen molar-refractivity contribution in [1.29, 1.82) is 0 Å². The molecule has 0 aliphatic rings. The lowest BCUT2D eigenvalue weighted by molar-refractivity contribution is -0.147. The summed E-state index contributed by atoms with van der Waals surface area (Å²) in [7, 11) is 0. The fourth-order valence-electron chi connectivity index (χ4n) is 2.18. The molecule has 0 fully saturated rings. The molecule has 3 nitrogen and oxygen atoms in total. The van der Waals surface area contributed by atoms with Gasteiger partial charge in [-0.25, -0.2) is 4.98 Å². The van der Waals surface area contributed by atoms with Gasteiger partial charge in [-0.15, -0.1) is 0 Å². The summed E-state index contributed by atoms with van der Waals surface area (Å²) in [6.45, 7) is 1.78. The van der Waals surface area contributed by atoms with Gasteiger partial charge in [-0.2, -0.15) is 24.9 Å². The van der Waals surface area contributed by atoms with Crippen molar-refractivity contribution >= 4 is 28.5 Å². The number of imidazole rings is 1. The zero-order chi connectivity index (χ0) is 14.9. The largest absolute Gasteiger partial charge is 0.449 e. The van der Waals surface area contributed by atoms with Gasteiger partial charge in [0.2, 0.25) is 5.82 Å². The summed E-state index contributed by atoms with van der Waals surface area (Å²) in [4.78, 5) is 3.73. The summed E-state index contributed by atoms with van der Waals surface area (Å²) in [6.07, 6.45) is -1.88. The van der Waals surface area contributed by atoms with Crippen LogP contribution in [0.1, 0.15) is 25.2 Å². The lowest BCUT2D eigenvalue weighted by Gasteiger charge is -2.18. The number of rotatable bonds is 4. The van der Waals surface area contributed by atoms with Crippen molar-refractivity contribution in [1.82, 2.24) is 9.55 Å². The lowest BCUT2D eigenvalue weighted by atomic mass is 10.2. The summed E-state index contributed by atoms with van der Waals surface area (Å²) < 4.78 is 40.7. The SMILES string of the molecule is CSCCC(C)n1c(C(F)(F)F)nc2cc(N)ccc21. The lowest BCUT2D eigenvalue weighted by Crippen LogP contribution is -2.18. The van der Waals surface area contributed by atoms with Crippen molar-refractivity contribution in [3.63, 3.8) is 0 Å². The Morgan fingerprint density at radius 1 is 1.40 bits per heavy atom. The molecule has 0 aliphatic carbocycles. The number of aromatic nitrogens is 2. The number of fused-ring (bicyclic) bond motifs is 1. The average Bonchev–Trinajstić information content (AvgIpc) is 2.74. The van der Waals surface area contributed by atoms with Crippen molar-refractivity contribution in [2.75, 3.05) is 17.7 Å². The van der Waals surface area contributed by atoms with E-state index in [4.69, 9.17) is 5.73 Å². The Bertz CT molecular complexity index is 607. The van der Waals surface area contributed by atoms with Gasteiger partial charge in [-0.3, -0.25) is 0 Å². The zero-order valence-corrected chi connectivity index (χ0v) is 12.1. The molecule has 1 heterocycles. The molecule has 0 amide bonds. The van der Waals surface area contributed by atoms with Crippen LogP contribution in [0.2, 0.25) is 0 Å². The summed E-state index contributed by atoms with van der Waals surface area (Å²) in [5.41, 5.74) is 6.78. The predicted octanol–water partition coefficient (Wildman–Crippen LogP) is 3.95. The highest BCUT2D eigenvalue weighted by atomic mass is 32.2. The molecule has 7 heteroatoms. The predicted molar refractivity (Wildman–Crippen MR) is 76.9 cm³/mol. The second-order valence-corrected chi connectivity index (χ2v) is 5.67. The van der Waals surface area contributed by atoms with E-state index >= 15 is 0 Å². The van der Waals surface area contributed by atoms with E-state index in [0.717, 1.165) is 5.75 Å². The standard InChI is InChI=1S/C13H16F3N3S/c1-8(5-6-20-2)19-11-4-3-9(17)7-10(11)18-12(19)13(14,15)16/h3-4,7-8H,5-6,17H2,1-2H3. The van der Waals surface area contributed by atoms with Crippen LogP contribution in [0, 0.1) is 0 Å². The first kappa shape index (κ1) is 15.0. The molecule has 2 aromatic rings. The maximum absolute atomic E-state index is 13.1. The van der Waals surface area contributed by atoms with Gasteiger partial charge in [0.15, 0.2) is 0 Å². The maximum Gasteiger partial charge on any atom is 0.449 e. The highest BCUT2D eigenvalue weighted by Gasteiger charge is 2.38. The molecule has 0 bridgehead atoms. The fourth-order valence-corrected chi connectivity index (χ4v) is 2.76. The number of anilines is 1. The third-order valence-electron chi connectivity index (χ3n) is 3.15. The van der Waals surface area contributed by atoms with Gasteiger partial charge in [0, 0.05) is 11.7 Å². The van der Waals surface area contributed by atoms with Gasteiger partial charge in [0.1, 0.15) is 0 Å². The van der Waals surface area contributed by atoms with Crippen molar-refractivity contribution in [2.24, 2.45) is 0 Å². The quantitative estimate of drug-likeness (QED) is 0.870. The monoisotopic (exact) mass is 303 g/mol. The van der Waals surface area contributed by atoms with Crippen molar-refractivity contribution in [3.8, 4) is 0 Å². The van der Waals surface area contributed by atoms with Crippen LogP contribution in [0.5, 0.6) is 0 Å². The molecule has 0 spiro atoms. The van der Waals surface area contributed by atoms with E-state index in [-0.39, 0.29) is 11.6 Å². The maximum atomic E-state index is 13.1. The third-order valence-corrected chi connectivity index (χ3v) is 3.79. The Hall–Kier alpha value is -1.37. The van der Waals surface area contributed by atoms with Gasteiger partial charge in [-0.1, -0.05) is 0 Å². The zero-order valence-electron chi connectivity index (χ0n) is 11.2. The van der Waals surface area contributed by atoms with Crippen molar-refractivity contribution < 1.29 is 13.2 Å². The van der Waals surface area contributed by atoms with Gasteiger partial charge in [-0.05, 0) is 43.6 Å². The molecule has 0 saturated carbocycles. The van der Waals surface area contributed by atoms with Gasteiger partial charge < -0.3 is 10.3 Å². The van der Waals surface area contributed by atoms with Crippen LogP contribution in [0.15, 0.2) is 18.2 Å². The van der Waals surface area contributed by atoms with Crippen LogP contribution in [0.3, 0.4) is 0 Å². The Morgan fingerprint density at radius 3 is 2.70 bits per heavy atom. The minimum absolute atomic E-state index is 0.271. The van der Waals surface area contributed by atoms with E-state index in [1.54, 1.807) is 30.8 Å². The topological polar surface area (TPSA) is 43.8 Å². The number of nitrogens with two attached hydrogens (primary N) is 1. The van der Waals surface area contributed by atoms with Gasteiger partial charge in [0.05, 0.1) is 11.0 Å². The van der Waals surface area contributed by atoms with E-state index < -0.39 is 12.0 Å². The van der Waals surface area contributed by atoms with E-state index in [0.29, 0.717) is 17.6 Å². The first-order chi connectivity index (χ1) is 9.34. The van der Waals surface area contributed by atoms with Gasteiger partial charge in [0.25, 0.3) is 0 Å². The number of nitrogen functional groups attached to an aromatic ring is 1. The van der Waals surface area contributed by atoms with E-state index in [1.165, 1.54) is 10.6 Å². The van der Waals surface area contributed by atoms with Gasteiger partial charge >= 0.3 is 6.18 Å². The Labute approximate surface area is 119 Å². The number of alkyl halides is 3. The van der Waals surface area contributed by atoms with Crippen LogP contribution in [0.25, 0.3) is 11.0 Å². The van der Waals surface area contributed by atoms with E-state index in [2.05, 4.69) is 4.98 Å². The normalized spacial score (nSPS) is 13.8. The van der Waals surface area contributed by atoms with Crippen LogP contribution in [-0.4, -0.2) is 21.6 Å². The Balaban J connectivity index is 2.58. The highest BCUT2D eigenvalue weighted by Crippen LogP contribution is 2.35. The minimum Gasteiger partial charge on any atom is -0.399 e. The van der Waals surface area contributed by atoms with E-state index in [9.17, 15) is 13.2 Å². The molecular weight excluding hydrogens is 287 g/mol. The smallest absolute Gasteiger partial charge is 0.399 e. The summed E-state index contributed by atoms with van der Waals surface area (Å²) in [5, 5.41) is 0. The van der Waals surface area contributed by atoms with Crippen LogP contribution in [-0.2, 0) is 6.18 Å². The number of halogens is 3. The van der Waals surface area contributed by atoms with Crippen LogP contribution >= 0.6 is 11.8 Å². The van der Waals surface area contributed by atoms with Crippen molar-refractivity contribution in [3.05, 3.63) is 24.0 Å². The first-order valence-corrected chi connectivity index (χ1v) is 7.57. The number of hydrogen-bond acceptors (Lipinski definition) is 3. The average molecular weight is 303 g/mol. The minimum atomic E-state index is -4.47. The molecule has 1 aromatic heterocycles. The second kappa shape index (κ2) is 5.55. The number of thioether (sulfide) groups is 1. The molecule has 0 radical (unpaired) electrons. The van der Waals surface area contributed by atoms with E-state index in [1.807, 2.05) is 6.26 Å². The molecular formula is C13H16F3N3S. The molecule has 1 unspecified atom stereocenters. The first-order valence-electron chi connectivity index (χ1n) is 6.18. The van der Waals surface area contributed by atoms with Crippen LogP contribution < -0.4 is 5.73 Å². The summed E-state index contributed by atoms with van der Waals surface area (Å²) in [6, 6.07) is 4.40. The molecule has 0 saturated heterocycles. The number of benzene rings is 1. The highest BCUT2D eigenvalue weighted by molar-refractivity contribution is 7.98. The van der Waals surface area contributed by atoms with Crippen LogP contribution in [0.4, 0.5) is 18.9 Å². The molecule has 2 rings (SSSR count). The third kappa shape index (κ3) is 2.87. The number of nitrogens with zero attached hydrogens (tertiary/aromatic N) is 2.